The average molecular weight is 275 g/mol. The Morgan fingerprint density at radius 1 is 1.41 bits per heavy atom. The molecule has 2 nitrogen and oxygen atoms in total. The Morgan fingerprint density at radius 3 is 2.82 bits per heavy atom. The Kier molecular flexibility index (Phi) is 7.09. The van der Waals surface area contributed by atoms with Gasteiger partial charge in [0.05, 0.1) is 5.01 Å². The van der Waals surface area contributed by atoms with Crippen LogP contribution in [0.5, 0.6) is 0 Å². The van der Waals surface area contributed by atoms with Crippen LogP contribution in [-0.2, 0) is 6.54 Å². The van der Waals surface area contributed by atoms with Gasteiger partial charge < -0.3 is 5.32 Å². The number of rotatable bonds is 6. The third-order valence-corrected chi connectivity index (χ3v) is 4.32. The van der Waals surface area contributed by atoms with E-state index in [0.717, 1.165) is 19.0 Å². The molecule has 98 valence electrons. The van der Waals surface area contributed by atoms with E-state index >= 15 is 0 Å². The van der Waals surface area contributed by atoms with Gasteiger partial charge in [-0.15, -0.1) is 23.7 Å². The normalized spacial score (nSPS) is 16.1. The van der Waals surface area contributed by atoms with Crippen molar-refractivity contribution in [1.29, 1.82) is 0 Å². The first-order valence-electron chi connectivity index (χ1n) is 6.46. The highest BCUT2D eigenvalue weighted by atomic mass is 35.5. The number of aromatic nitrogens is 1. The van der Waals surface area contributed by atoms with Gasteiger partial charge in [-0.1, -0.05) is 25.7 Å². The molecule has 1 aromatic heterocycles. The summed E-state index contributed by atoms with van der Waals surface area (Å²) >= 11 is 1.80. The summed E-state index contributed by atoms with van der Waals surface area (Å²) in [6.45, 7) is 4.22. The molecule has 1 aliphatic carbocycles. The second-order valence-corrected chi connectivity index (χ2v) is 6.13. The number of halogens is 1. The first-order valence-corrected chi connectivity index (χ1v) is 7.28. The maximum Gasteiger partial charge on any atom is 0.0897 e. The third kappa shape index (κ3) is 5.36. The van der Waals surface area contributed by atoms with Gasteiger partial charge in [0, 0.05) is 17.6 Å². The zero-order valence-electron chi connectivity index (χ0n) is 10.6. The van der Waals surface area contributed by atoms with Crippen LogP contribution in [0.2, 0.25) is 0 Å². The fourth-order valence-corrected chi connectivity index (χ4v) is 3.28. The maximum atomic E-state index is 4.26. The van der Waals surface area contributed by atoms with Gasteiger partial charge in [0.2, 0.25) is 0 Å². The molecule has 0 atom stereocenters. The van der Waals surface area contributed by atoms with E-state index in [-0.39, 0.29) is 12.4 Å². The zero-order chi connectivity index (χ0) is 11.2. The van der Waals surface area contributed by atoms with Crippen molar-refractivity contribution in [2.24, 2.45) is 5.92 Å². The van der Waals surface area contributed by atoms with Gasteiger partial charge >= 0.3 is 0 Å². The van der Waals surface area contributed by atoms with E-state index in [0.29, 0.717) is 0 Å². The molecular formula is C13H23ClN2S. The van der Waals surface area contributed by atoms with Crippen molar-refractivity contribution in [1.82, 2.24) is 10.3 Å². The first-order chi connectivity index (χ1) is 7.84. The summed E-state index contributed by atoms with van der Waals surface area (Å²) in [5, 5.41) is 4.68. The van der Waals surface area contributed by atoms with Crippen LogP contribution in [0, 0.1) is 12.8 Å². The molecular weight excluding hydrogens is 252 g/mol. The van der Waals surface area contributed by atoms with E-state index in [1.165, 1.54) is 48.4 Å². The smallest absolute Gasteiger partial charge is 0.0897 e. The van der Waals surface area contributed by atoms with Crippen LogP contribution in [0.15, 0.2) is 6.20 Å². The van der Waals surface area contributed by atoms with Gasteiger partial charge in [0.25, 0.3) is 0 Å². The molecule has 1 N–H and O–H groups in total. The minimum atomic E-state index is 0. The summed E-state index contributed by atoms with van der Waals surface area (Å²) in [6, 6.07) is 0. The van der Waals surface area contributed by atoms with E-state index in [1.54, 1.807) is 11.3 Å². The molecule has 0 bridgehead atoms. The van der Waals surface area contributed by atoms with Crippen LogP contribution in [0.3, 0.4) is 0 Å². The average Bonchev–Trinajstić information content (AvgIpc) is 2.89. The number of hydrogen-bond acceptors (Lipinski definition) is 3. The standard InChI is InChI=1S/C13H22N2S.ClH/c1-11-15-10-13(16-11)9-14-8-4-7-12-5-2-3-6-12;/h10,12,14H,2-9H2,1H3;1H. The molecule has 1 heterocycles. The van der Waals surface area contributed by atoms with Crippen LogP contribution in [-0.4, -0.2) is 11.5 Å². The lowest BCUT2D eigenvalue weighted by molar-refractivity contribution is 0.471. The molecule has 0 unspecified atom stereocenters. The molecule has 4 heteroatoms. The third-order valence-electron chi connectivity index (χ3n) is 3.41. The maximum absolute atomic E-state index is 4.26. The van der Waals surface area contributed by atoms with Crippen LogP contribution >= 0.6 is 23.7 Å². The topological polar surface area (TPSA) is 24.9 Å². The van der Waals surface area contributed by atoms with E-state index in [2.05, 4.69) is 17.2 Å². The van der Waals surface area contributed by atoms with E-state index < -0.39 is 0 Å². The Labute approximate surface area is 115 Å². The molecule has 0 saturated heterocycles. The van der Waals surface area contributed by atoms with Gasteiger partial charge in [-0.25, -0.2) is 4.98 Å². The summed E-state index contributed by atoms with van der Waals surface area (Å²) in [6.07, 6.45) is 10.7. The van der Waals surface area contributed by atoms with Crippen molar-refractivity contribution in [3.63, 3.8) is 0 Å². The van der Waals surface area contributed by atoms with Crippen molar-refractivity contribution >= 4 is 23.7 Å². The first kappa shape index (κ1) is 14.9. The minimum absolute atomic E-state index is 0. The van der Waals surface area contributed by atoms with Crippen molar-refractivity contribution in [3.8, 4) is 0 Å². The molecule has 0 aliphatic heterocycles. The van der Waals surface area contributed by atoms with Gasteiger partial charge in [-0.2, -0.15) is 0 Å². The summed E-state index contributed by atoms with van der Waals surface area (Å²) < 4.78 is 0. The number of nitrogens with one attached hydrogen (secondary N) is 1. The number of nitrogens with zero attached hydrogens (tertiary/aromatic N) is 1. The summed E-state index contributed by atoms with van der Waals surface area (Å²) in [5.41, 5.74) is 0. The molecule has 0 spiro atoms. The predicted octanol–water partition coefficient (Wildman–Crippen LogP) is 3.93. The molecule has 1 fully saturated rings. The lowest BCUT2D eigenvalue weighted by Gasteiger charge is -2.08. The monoisotopic (exact) mass is 274 g/mol. The minimum Gasteiger partial charge on any atom is -0.312 e. The van der Waals surface area contributed by atoms with Crippen LogP contribution in [0.25, 0.3) is 0 Å². The van der Waals surface area contributed by atoms with Gasteiger partial charge in [0.1, 0.15) is 0 Å². The van der Waals surface area contributed by atoms with Crippen molar-refractivity contribution in [2.45, 2.75) is 52.0 Å². The predicted molar refractivity (Wildman–Crippen MR) is 77.0 cm³/mol. The van der Waals surface area contributed by atoms with Gasteiger partial charge in [-0.3, -0.25) is 0 Å². The highest BCUT2D eigenvalue weighted by molar-refractivity contribution is 7.11. The fourth-order valence-electron chi connectivity index (χ4n) is 2.51. The van der Waals surface area contributed by atoms with Crippen LogP contribution < -0.4 is 5.32 Å². The highest BCUT2D eigenvalue weighted by Gasteiger charge is 2.13. The van der Waals surface area contributed by atoms with Crippen LogP contribution in [0.4, 0.5) is 0 Å². The molecule has 0 amide bonds. The molecule has 1 saturated carbocycles. The van der Waals surface area contributed by atoms with Gasteiger partial charge in [0.15, 0.2) is 0 Å². The van der Waals surface area contributed by atoms with E-state index in [4.69, 9.17) is 0 Å². The SMILES string of the molecule is Cc1ncc(CNCCCC2CCCC2)s1.Cl. The quantitative estimate of drug-likeness (QED) is 0.795. The molecule has 2 rings (SSSR count). The second kappa shape index (κ2) is 8.06. The van der Waals surface area contributed by atoms with E-state index in [1.807, 2.05) is 6.20 Å². The fraction of sp³-hybridized carbons (Fsp3) is 0.769. The lowest BCUT2D eigenvalue weighted by atomic mass is 10.0. The number of thiazole rings is 1. The van der Waals surface area contributed by atoms with Gasteiger partial charge in [-0.05, 0) is 32.2 Å². The largest absolute Gasteiger partial charge is 0.312 e. The zero-order valence-corrected chi connectivity index (χ0v) is 12.2. The molecule has 17 heavy (non-hydrogen) atoms. The summed E-state index contributed by atoms with van der Waals surface area (Å²) in [7, 11) is 0. The van der Waals surface area contributed by atoms with Crippen molar-refractivity contribution in [3.05, 3.63) is 16.1 Å². The Hall–Kier alpha value is -0.120. The van der Waals surface area contributed by atoms with E-state index in [9.17, 15) is 0 Å². The Balaban J connectivity index is 0.00000144. The number of aryl methyl sites for hydroxylation is 1. The molecule has 0 radical (unpaired) electrons. The lowest BCUT2D eigenvalue weighted by Crippen LogP contribution is -2.14. The second-order valence-electron chi connectivity index (χ2n) is 4.82. The molecule has 1 aliphatic rings. The number of hydrogen-bond donors (Lipinski definition) is 1. The Morgan fingerprint density at radius 2 is 2.18 bits per heavy atom. The van der Waals surface area contributed by atoms with Crippen molar-refractivity contribution < 1.29 is 0 Å². The van der Waals surface area contributed by atoms with Crippen LogP contribution in [0.1, 0.15) is 48.4 Å². The highest BCUT2D eigenvalue weighted by Crippen LogP contribution is 2.28. The Bertz CT molecular complexity index is 308. The summed E-state index contributed by atoms with van der Waals surface area (Å²) in [5.74, 6) is 1.03. The van der Waals surface area contributed by atoms with Crippen molar-refractivity contribution in [2.75, 3.05) is 6.54 Å². The molecule has 0 aromatic carbocycles. The summed E-state index contributed by atoms with van der Waals surface area (Å²) in [4.78, 5) is 5.62. The molecule has 1 aromatic rings.